The van der Waals surface area contributed by atoms with Crippen molar-refractivity contribution in [2.24, 2.45) is 5.73 Å². The lowest BCUT2D eigenvalue weighted by Crippen LogP contribution is -2.26. The zero-order valence-electron chi connectivity index (χ0n) is 12.4. The smallest absolute Gasteiger partial charge is 0.101 e. The molecule has 0 fully saturated rings. The lowest BCUT2D eigenvalue weighted by Gasteiger charge is -2.26. The first-order chi connectivity index (χ1) is 10.2. The molecule has 2 rings (SSSR count). The Morgan fingerprint density at radius 1 is 1.14 bits per heavy atom. The van der Waals surface area contributed by atoms with Gasteiger partial charge >= 0.3 is 0 Å². The largest absolute Gasteiger partial charge is 0.366 e. The van der Waals surface area contributed by atoms with Gasteiger partial charge in [0.1, 0.15) is 6.07 Å². The lowest BCUT2D eigenvalue weighted by atomic mass is 10.1. The Morgan fingerprint density at radius 3 is 2.57 bits per heavy atom. The summed E-state index contributed by atoms with van der Waals surface area (Å²) in [4.78, 5) is 2.24. The van der Waals surface area contributed by atoms with E-state index in [0.29, 0.717) is 12.1 Å². The highest BCUT2D eigenvalue weighted by Gasteiger charge is 2.12. The molecule has 0 unspecified atom stereocenters. The fourth-order valence-corrected chi connectivity index (χ4v) is 2.37. The third kappa shape index (κ3) is 4.08. The van der Waals surface area contributed by atoms with Crippen molar-refractivity contribution in [2.75, 3.05) is 18.0 Å². The number of benzene rings is 2. The molecule has 0 amide bonds. The highest BCUT2D eigenvalue weighted by atomic mass is 15.1. The van der Waals surface area contributed by atoms with Gasteiger partial charge in [0.25, 0.3) is 0 Å². The van der Waals surface area contributed by atoms with Crippen molar-refractivity contribution in [1.29, 1.82) is 5.26 Å². The van der Waals surface area contributed by atoms with Crippen LogP contribution in [-0.2, 0) is 6.54 Å². The van der Waals surface area contributed by atoms with Crippen molar-refractivity contribution in [1.82, 2.24) is 0 Å². The van der Waals surface area contributed by atoms with Gasteiger partial charge in [0.05, 0.1) is 11.3 Å². The monoisotopic (exact) mass is 279 g/mol. The molecule has 0 atom stereocenters. The predicted molar refractivity (Wildman–Crippen MR) is 87.1 cm³/mol. The Bertz CT molecular complexity index is 614. The van der Waals surface area contributed by atoms with E-state index in [2.05, 4.69) is 29.2 Å². The topological polar surface area (TPSA) is 53.0 Å². The summed E-state index contributed by atoms with van der Waals surface area (Å²) in [6, 6.07) is 18.6. The summed E-state index contributed by atoms with van der Waals surface area (Å²) < 4.78 is 0. The van der Waals surface area contributed by atoms with Gasteiger partial charge in [-0.3, -0.25) is 0 Å². The summed E-state index contributed by atoms with van der Waals surface area (Å²) in [7, 11) is 0. The summed E-state index contributed by atoms with van der Waals surface area (Å²) in [6.45, 7) is 4.34. The van der Waals surface area contributed by atoms with Crippen LogP contribution in [0.2, 0.25) is 0 Å². The molecule has 0 bridgehead atoms. The summed E-state index contributed by atoms with van der Waals surface area (Å²) in [5.41, 5.74) is 9.77. The van der Waals surface area contributed by atoms with Crippen LogP contribution in [0, 0.1) is 18.3 Å². The molecule has 0 saturated carbocycles. The lowest BCUT2D eigenvalue weighted by molar-refractivity contribution is 0.735. The summed E-state index contributed by atoms with van der Waals surface area (Å²) in [5.74, 6) is 0. The molecule has 0 aliphatic heterocycles. The van der Waals surface area contributed by atoms with Crippen LogP contribution in [0.5, 0.6) is 0 Å². The molecule has 2 N–H and O–H groups in total. The van der Waals surface area contributed by atoms with Crippen LogP contribution in [0.3, 0.4) is 0 Å². The van der Waals surface area contributed by atoms with Gasteiger partial charge in [0, 0.05) is 13.1 Å². The minimum atomic E-state index is 0.652. The van der Waals surface area contributed by atoms with E-state index in [-0.39, 0.29) is 0 Å². The summed E-state index contributed by atoms with van der Waals surface area (Å²) >= 11 is 0. The maximum absolute atomic E-state index is 9.35. The van der Waals surface area contributed by atoms with Gasteiger partial charge in [-0.05, 0) is 43.1 Å². The zero-order valence-corrected chi connectivity index (χ0v) is 12.4. The minimum Gasteiger partial charge on any atom is -0.366 e. The van der Waals surface area contributed by atoms with Crippen molar-refractivity contribution >= 4 is 5.69 Å². The van der Waals surface area contributed by atoms with E-state index >= 15 is 0 Å². The number of anilines is 1. The Balaban J connectivity index is 2.31. The molecular formula is C18H21N3. The molecule has 108 valence electrons. The second-order valence-electron chi connectivity index (χ2n) is 5.18. The standard InChI is InChI=1S/C18H21N3/c1-15-8-9-17(13-20)18(12-15)21(11-5-10-19)14-16-6-3-2-4-7-16/h2-4,6-9,12H,5,10-11,14,19H2,1H3. The normalized spacial score (nSPS) is 10.1. The molecule has 2 aromatic rings. The Hall–Kier alpha value is -2.31. The predicted octanol–water partition coefficient (Wildman–Crippen LogP) is 3.22. The molecule has 3 heteroatoms. The first-order valence-electron chi connectivity index (χ1n) is 7.24. The van der Waals surface area contributed by atoms with Crippen molar-refractivity contribution in [3.05, 3.63) is 65.2 Å². The molecule has 0 aliphatic carbocycles. The van der Waals surface area contributed by atoms with E-state index in [1.165, 1.54) is 5.56 Å². The van der Waals surface area contributed by atoms with Gasteiger partial charge in [-0.2, -0.15) is 5.26 Å². The quantitative estimate of drug-likeness (QED) is 0.883. The summed E-state index contributed by atoms with van der Waals surface area (Å²) in [5, 5.41) is 9.35. The maximum atomic E-state index is 9.35. The molecule has 0 spiro atoms. The third-order valence-corrected chi connectivity index (χ3v) is 3.46. The second-order valence-corrected chi connectivity index (χ2v) is 5.18. The van der Waals surface area contributed by atoms with E-state index in [1.807, 2.05) is 37.3 Å². The second kappa shape index (κ2) is 7.47. The summed E-state index contributed by atoms with van der Waals surface area (Å²) in [6.07, 6.45) is 0.908. The molecule has 2 aromatic carbocycles. The van der Waals surface area contributed by atoms with Crippen LogP contribution in [0.1, 0.15) is 23.1 Å². The first-order valence-corrected chi connectivity index (χ1v) is 7.24. The SMILES string of the molecule is Cc1ccc(C#N)c(N(CCCN)Cc2ccccc2)c1. The van der Waals surface area contributed by atoms with Gasteiger partial charge in [0.15, 0.2) is 0 Å². The van der Waals surface area contributed by atoms with Crippen LogP contribution in [0.4, 0.5) is 5.69 Å². The number of nitrogens with zero attached hydrogens (tertiary/aromatic N) is 2. The minimum absolute atomic E-state index is 0.652. The maximum Gasteiger partial charge on any atom is 0.101 e. The zero-order chi connectivity index (χ0) is 15.1. The molecule has 0 aromatic heterocycles. The third-order valence-electron chi connectivity index (χ3n) is 3.46. The van der Waals surface area contributed by atoms with Crippen molar-refractivity contribution in [3.63, 3.8) is 0 Å². The molecular weight excluding hydrogens is 258 g/mol. The molecule has 0 saturated heterocycles. The first kappa shape index (κ1) is 15.1. The Morgan fingerprint density at radius 2 is 1.90 bits per heavy atom. The number of hydrogen-bond acceptors (Lipinski definition) is 3. The highest BCUT2D eigenvalue weighted by Crippen LogP contribution is 2.23. The van der Waals surface area contributed by atoms with Gasteiger partial charge in [-0.25, -0.2) is 0 Å². The van der Waals surface area contributed by atoms with Crippen LogP contribution >= 0.6 is 0 Å². The van der Waals surface area contributed by atoms with Crippen molar-refractivity contribution < 1.29 is 0 Å². The fourth-order valence-electron chi connectivity index (χ4n) is 2.37. The van der Waals surface area contributed by atoms with Crippen LogP contribution < -0.4 is 10.6 Å². The van der Waals surface area contributed by atoms with E-state index < -0.39 is 0 Å². The van der Waals surface area contributed by atoms with E-state index in [9.17, 15) is 5.26 Å². The number of aryl methyl sites for hydroxylation is 1. The molecule has 3 nitrogen and oxygen atoms in total. The molecule has 0 radical (unpaired) electrons. The van der Waals surface area contributed by atoms with E-state index in [1.54, 1.807) is 0 Å². The van der Waals surface area contributed by atoms with Crippen LogP contribution in [0.25, 0.3) is 0 Å². The number of nitriles is 1. The molecule has 0 heterocycles. The number of nitrogens with two attached hydrogens (primary N) is 1. The molecule has 21 heavy (non-hydrogen) atoms. The van der Waals surface area contributed by atoms with Crippen molar-refractivity contribution in [3.8, 4) is 6.07 Å². The average molecular weight is 279 g/mol. The van der Waals surface area contributed by atoms with E-state index in [0.717, 1.165) is 30.8 Å². The van der Waals surface area contributed by atoms with Gasteiger partial charge in [-0.1, -0.05) is 36.4 Å². The van der Waals surface area contributed by atoms with E-state index in [4.69, 9.17) is 5.73 Å². The Kier molecular flexibility index (Phi) is 5.36. The van der Waals surface area contributed by atoms with Crippen LogP contribution in [-0.4, -0.2) is 13.1 Å². The average Bonchev–Trinajstić information content (AvgIpc) is 2.52. The van der Waals surface area contributed by atoms with Crippen molar-refractivity contribution in [2.45, 2.75) is 19.9 Å². The van der Waals surface area contributed by atoms with Crippen LogP contribution in [0.15, 0.2) is 48.5 Å². The molecule has 0 aliphatic rings. The number of hydrogen-bond donors (Lipinski definition) is 1. The highest BCUT2D eigenvalue weighted by molar-refractivity contribution is 5.60. The van der Waals surface area contributed by atoms with Gasteiger partial charge in [-0.15, -0.1) is 0 Å². The van der Waals surface area contributed by atoms with Gasteiger partial charge in [0.2, 0.25) is 0 Å². The number of rotatable bonds is 6. The fraction of sp³-hybridized carbons (Fsp3) is 0.278. The van der Waals surface area contributed by atoms with Gasteiger partial charge < -0.3 is 10.6 Å². The Labute approximate surface area is 126 Å².